The van der Waals surface area contributed by atoms with Crippen LogP contribution in [0.2, 0.25) is 5.02 Å². The van der Waals surface area contributed by atoms with E-state index in [2.05, 4.69) is 27.4 Å². The van der Waals surface area contributed by atoms with Gasteiger partial charge < -0.3 is 10.2 Å². The van der Waals surface area contributed by atoms with E-state index in [1.165, 1.54) is 5.56 Å². The van der Waals surface area contributed by atoms with Crippen LogP contribution in [0.3, 0.4) is 0 Å². The normalized spacial score (nSPS) is 20.6. The van der Waals surface area contributed by atoms with Crippen LogP contribution >= 0.6 is 11.6 Å². The number of piperazine rings is 1. The van der Waals surface area contributed by atoms with E-state index < -0.39 is 24.2 Å². The third-order valence-corrected chi connectivity index (χ3v) is 7.24. The van der Waals surface area contributed by atoms with E-state index in [-0.39, 0.29) is 23.0 Å². The van der Waals surface area contributed by atoms with Crippen LogP contribution in [0, 0.1) is 6.92 Å². The first-order valence-electron chi connectivity index (χ1n) is 11.9. The molecule has 0 bridgehead atoms. The lowest BCUT2D eigenvalue weighted by molar-refractivity contribution is -0.173. The van der Waals surface area contributed by atoms with Gasteiger partial charge in [-0.3, -0.25) is 9.69 Å². The maximum Gasteiger partial charge on any atom is 0.410 e. The fourth-order valence-electron chi connectivity index (χ4n) is 4.84. The van der Waals surface area contributed by atoms with E-state index in [9.17, 15) is 18.0 Å². The van der Waals surface area contributed by atoms with Crippen molar-refractivity contribution in [2.45, 2.75) is 38.1 Å². The van der Waals surface area contributed by atoms with Gasteiger partial charge in [-0.1, -0.05) is 71.8 Å². The van der Waals surface area contributed by atoms with Gasteiger partial charge in [-0.05, 0) is 18.1 Å². The number of carbonyl (C=O) groups excluding carboxylic acids is 1. The van der Waals surface area contributed by atoms with E-state index in [4.69, 9.17) is 11.6 Å². The molecule has 2 aliphatic rings. The number of rotatable bonds is 4. The quantitative estimate of drug-likeness (QED) is 0.499. The van der Waals surface area contributed by atoms with Crippen LogP contribution in [0.4, 0.5) is 19.0 Å². The van der Waals surface area contributed by atoms with E-state index in [0.717, 1.165) is 22.4 Å². The summed E-state index contributed by atoms with van der Waals surface area (Å²) in [5.74, 6) is -0.419. The fraction of sp³-hybridized carbons (Fsp3) is 0.385. The maximum absolute atomic E-state index is 14.1. The van der Waals surface area contributed by atoms with Gasteiger partial charge in [0.25, 0.3) is 5.91 Å². The Bertz CT molecular complexity index is 1220. The smallest absolute Gasteiger partial charge is 0.362 e. The molecule has 0 spiro atoms. The lowest BCUT2D eigenvalue weighted by Crippen LogP contribution is -2.48. The molecule has 1 fully saturated rings. The Labute approximate surface area is 212 Å². The molecule has 2 aliphatic heterocycles. The molecule has 3 heterocycles. The van der Waals surface area contributed by atoms with Crippen molar-refractivity contribution in [3.8, 4) is 0 Å². The number of anilines is 1. The topological polar surface area (TPSA) is 53.4 Å². The number of hydrogen-bond donors (Lipinski definition) is 1. The van der Waals surface area contributed by atoms with Gasteiger partial charge in [-0.25, -0.2) is 4.68 Å². The van der Waals surface area contributed by atoms with Gasteiger partial charge in [0, 0.05) is 39.1 Å². The molecule has 5 rings (SSSR count). The van der Waals surface area contributed by atoms with E-state index in [0.29, 0.717) is 26.2 Å². The van der Waals surface area contributed by atoms with E-state index in [1.54, 1.807) is 17.0 Å². The number of alkyl halides is 3. The second-order valence-corrected chi connectivity index (χ2v) is 9.79. The molecule has 2 atom stereocenters. The molecule has 0 saturated carbocycles. The molecule has 1 N–H and O–H groups in total. The highest BCUT2D eigenvalue weighted by molar-refractivity contribution is 6.36. The summed E-state index contributed by atoms with van der Waals surface area (Å²) in [6, 6.07) is 14.9. The van der Waals surface area contributed by atoms with Crippen LogP contribution in [-0.2, 0) is 6.54 Å². The molecule has 36 heavy (non-hydrogen) atoms. The van der Waals surface area contributed by atoms with Crippen molar-refractivity contribution in [3.63, 3.8) is 0 Å². The molecule has 1 aromatic heterocycles. The minimum atomic E-state index is -4.54. The van der Waals surface area contributed by atoms with Crippen molar-refractivity contribution in [1.82, 2.24) is 19.6 Å². The zero-order valence-corrected chi connectivity index (χ0v) is 20.6. The first-order valence-corrected chi connectivity index (χ1v) is 12.3. The summed E-state index contributed by atoms with van der Waals surface area (Å²) in [6.45, 7) is 4.91. The van der Waals surface area contributed by atoms with Crippen LogP contribution in [0.1, 0.15) is 45.7 Å². The molecule has 190 valence electrons. The van der Waals surface area contributed by atoms with Crippen molar-refractivity contribution in [2.75, 3.05) is 31.5 Å². The standard InChI is InChI=1S/C26H27ClF3N5O/c1-17-7-9-19(10-8-17)20-15-21(26(28,29)30)35-24(31-20)22(27)23(32-35)25(36)34-13-11-33(12-14-34)16-18-5-3-2-4-6-18/h2-10,20-21,31H,11-16H2,1H3. The Morgan fingerprint density at radius 1 is 1.06 bits per heavy atom. The van der Waals surface area contributed by atoms with Gasteiger partial charge >= 0.3 is 6.18 Å². The highest BCUT2D eigenvalue weighted by Crippen LogP contribution is 2.46. The van der Waals surface area contributed by atoms with Crippen molar-refractivity contribution in [2.24, 2.45) is 0 Å². The molecule has 2 aromatic carbocycles. The lowest BCUT2D eigenvalue weighted by Gasteiger charge is -2.34. The van der Waals surface area contributed by atoms with Crippen LogP contribution in [0.25, 0.3) is 0 Å². The van der Waals surface area contributed by atoms with Gasteiger partial charge in [-0.15, -0.1) is 0 Å². The Balaban J connectivity index is 1.35. The predicted molar refractivity (Wildman–Crippen MR) is 132 cm³/mol. The molecule has 10 heteroatoms. The minimum absolute atomic E-state index is 0.0295. The third-order valence-electron chi connectivity index (χ3n) is 6.89. The lowest BCUT2D eigenvalue weighted by atomic mass is 9.96. The average Bonchev–Trinajstić information content (AvgIpc) is 3.20. The number of aromatic nitrogens is 2. The minimum Gasteiger partial charge on any atom is -0.362 e. The van der Waals surface area contributed by atoms with Gasteiger partial charge in [0.05, 0.1) is 6.04 Å². The summed E-state index contributed by atoms with van der Waals surface area (Å²) in [5, 5.41) is 7.13. The van der Waals surface area contributed by atoms with E-state index >= 15 is 0 Å². The Morgan fingerprint density at radius 2 is 1.72 bits per heavy atom. The van der Waals surface area contributed by atoms with E-state index in [1.807, 2.05) is 37.3 Å². The average molecular weight is 518 g/mol. The first kappa shape index (κ1) is 24.6. The maximum atomic E-state index is 14.1. The molecule has 6 nitrogen and oxygen atoms in total. The largest absolute Gasteiger partial charge is 0.410 e. The third kappa shape index (κ3) is 4.95. The number of fused-ring (bicyclic) bond motifs is 1. The molecule has 3 aromatic rings. The monoisotopic (exact) mass is 517 g/mol. The van der Waals surface area contributed by atoms with Crippen LogP contribution < -0.4 is 5.32 Å². The SMILES string of the molecule is Cc1ccc(C2CC(C(F)(F)F)n3nc(C(=O)N4CCN(Cc5ccccc5)CC4)c(Cl)c3N2)cc1. The second-order valence-electron chi connectivity index (χ2n) is 9.41. The molecule has 0 aliphatic carbocycles. The van der Waals surface area contributed by atoms with Gasteiger partial charge in [-0.2, -0.15) is 18.3 Å². The molecule has 1 amide bonds. The number of amides is 1. The van der Waals surface area contributed by atoms with Crippen LogP contribution in [0.5, 0.6) is 0 Å². The summed E-state index contributed by atoms with van der Waals surface area (Å²) in [6.07, 6.45) is -4.79. The molecule has 0 radical (unpaired) electrons. The van der Waals surface area contributed by atoms with Crippen molar-refractivity contribution in [1.29, 1.82) is 0 Å². The Hall–Kier alpha value is -3.04. The number of aryl methyl sites for hydroxylation is 1. The summed E-state index contributed by atoms with van der Waals surface area (Å²) in [5.41, 5.74) is 2.78. The van der Waals surface area contributed by atoms with Crippen LogP contribution in [-0.4, -0.2) is 57.8 Å². The highest BCUT2D eigenvalue weighted by Gasteiger charge is 2.48. The highest BCUT2D eigenvalue weighted by atomic mass is 35.5. The number of carbonyl (C=O) groups is 1. The number of nitrogens with zero attached hydrogens (tertiary/aromatic N) is 4. The number of halogens is 4. The Morgan fingerprint density at radius 3 is 2.36 bits per heavy atom. The second kappa shape index (κ2) is 9.78. The van der Waals surface area contributed by atoms with Crippen molar-refractivity contribution in [3.05, 3.63) is 82.0 Å². The molecule has 1 saturated heterocycles. The zero-order chi connectivity index (χ0) is 25.4. The van der Waals surface area contributed by atoms with Gasteiger partial charge in [0.15, 0.2) is 11.7 Å². The number of benzene rings is 2. The van der Waals surface area contributed by atoms with Crippen molar-refractivity contribution < 1.29 is 18.0 Å². The van der Waals surface area contributed by atoms with Gasteiger partial charge in [0.1, 0.15) is 10.8 Å². The summed E-state index contributed by atoms with van der Waals surface area (Å²) in [7, 11) is 0. The molecular formula is C26H27ClF3N5O. The summed E-state index contributed by atoms with van der Waals surface area (Å²) >= 11 is 6.51. The Kier molecular flexibility index (Phi) is 6.70. The summed E-state index contributed by atoms with van der Waals surface area (Å²) < 4.78 is 43.0. The number of nitrogens with one attached hydrogen (secondary N) is 1. The fourth-order valence-corrected chi connectivity index (χ4v) is 5.10. The molecule has 2 unspecified atom stereocenters. The first-order chi connectivity index (χ1) is 17.2. The zero-order valence-electron chi connectivity index (χ0n) is 19.8. The molecular weight excluding hydrogens is 491 g/mol. The summed E-state index contributed by atoms with van der Waals surface area (Å²) in [4.78, 5) is 17.1. The predicted octanol–water partition coefficient (Wildman–Crippen LogP) is 5.46. The van der Waals surface area contributed by atoms with Gasteiger partial charge in [0.2, 0.25) is 0 Å². The van der Waals surface area contributed by atoms with Crippen molar-refractivity contribution >= 4 is 23.3 Å². The van der Waals surface area contributed by atoms with Crippen LogP contribution in [0.15, 0.2) is 54.6 Å². The number of hydrogen-bond acceptors (Lipinski definition) is 4.